The molecule has 2 aliphatic rings. The van der Waals surface area contributed by atoms with Crippen LogP contribution in [-0.4, -0.2) is 17.7 Å². The van der Waals surface area contributed by atoms with Gasteiger partial charge in [0.05, 0.1) is 17.5 Å². The van der Waals surface area contributed by atoms with Gasteiger partial charge < -0.3 is 5.32 Å². The number of amides is 3. The predicted octanol–water partition coefficient (Wildman–Crippen LogP) is 4.43. The lowest BCUT2D eigenvalue weighted by atomic mass is 9.76. The number of fused-ring (bicyclic) bond motifs is 1. The highest BCUT2D eigenvalue weighted by Crippen LogP contribution is 2.42. The van der Waals surface area contributed by atoms with Crippen LogP contribution >= 0.6 is 0 Å². The molecule has 1 heterocycles. The molecule has 0 bridgehead atoms. The first-order valence-corrected chi connectivity index (χ1v) is 10.4. The zero-order chi connectivity index (χ0) is 20.5. The van der Waals surface area contributed by atoms with E-state index in [4.69, 9.17) is 0 Å². The average molecular weight is 390 g/mol. The van der Waals surface area contributed by atoms with Gasteiger partial charge in [0.2, 0.25) is 11.8 Å². The molecule has 3 amide bonds. The van der Waals surface area contributed by atoms with Crippen LogP contribution in [0.5, 0.6) is 0 Å². The van der Waals surface area contributed by atoms with Crippen LogP contribution in [0.1, 0.15) is 49.0 Å². The molecule has 5 heteroatoms. The van der Waals surface area contributed by atoms with E-state index >= 15 is 0 Å². The van der Waals surface area contributed by atoms with Crippen molar-refractivity contribution in [1.82, 2.24) is 0 Å². The van der Waals surface area contributed by atoms with Crippen molar-refractivity contribution in [3.63, 3.8) is 0 Å². The van der Waals surface area contributed by atoms with E-state index in [-0.39, 0.29) is 29.6 Å². The van der Waals surface area contributed by atoms with Gasteiger partial charge in [0.15, 0.2) is 0 Å². The highest BCUT2D eigenvalue weighted by Gasteiger charge is 2.49. The summed E-state index contributed by atoms with van der Waals surface area (Å²) in [5.41, 5.74) is 2.91. The third-order valence-electron chi connectivity index (χ3n) is 6.22. The monoisotopic (exact) mass is 390 g/mol. The normalized spacial score (nSPS) is 23.8. The molecule has 1 saturated heterocycles. The molecule has 2 fully saturated rings. The number of hydrogen-bond acceptors (Lipinski definition) is 3. The molecule has 1 saturated carbocycles. The Morgan fingerprint density at radius 1 is 1.00 bits per heavy atom. The number of nitrogens with zero attached hydrogens (tertiary/aromatic N) is 1. The van der Waals surface area contributed by atoms with Crippen LogP contribution in [0.25, 0.3) is 0 Å². The second-order valence-electron chi connectivity index (χ2n) is 8.15. The molecule has 0 radical (unpaired) electrons. The highest BCUT2D eigenvalue weighted by atomic mass is 16.2. The maximum Gasteiger partial charge on any atom is 0.255 e. The van der Waals surface area contributed by atoms with Gasteiger partial charge in [0, 0.05) is 11.3 Å². The summed E-state index contributed by atoms with van der Waals surface area (Å²) >= 11 is 0. The van der Waals surface area contributed by atoms with Crippen molar-refractivity contribution in [3.05, 3.63) is 59.7 Å². The molecule has 29 heavy (non-hydrogen) atoms. The van der Waals surface area contributed by atoms with E-state index in [0.717, 1.165) is 36.9 Å². The summed E-state index contributed by atoms with van der Waals surface area (Å²) in [6, 6.07) is 14.4. The average Bonchev–Trinajstić information content (AvgIpc) is 2.98. The molecule has 2 aromatic rings. The number of aryl methyl sites for hydroxylation is 1. The minimum absolute atomic E-state index is 0.0963. The molecule has 2 aromatic carbocycles. The molecule has 3 atom stereocenters. The Labute approximate surface area is 171 Å². The number of carbonyl (C=O) groups is 3. The molecule has 4 rings (SSSR count). The first-order chi connectivity index (χ1) is 14.0. The van der Waals surface area contributed by atoms with Crippen LogP contribution in [0.4, 0.5) is 11.4 Å². The Hall–Kier alpha value is -2.95. The zero-order valence-electron chi connectivity index (χ0n) is 16.9. The van der Waals surface area contributed by atoms with Gasteiger partial charge in [0.25, 0.3) is 5.91 Å². The summed E-state index contributed by atoms with van der Waals surface area (Å²) in [6.45, 7) is 4.18. The summed E-state index contributed by atoms with van der Waals surface area (Å²) in [5, 5.41) is 2.94. The van der Waals surface area contributed by atoms with E-state index in [9.17, 15) is 14.4 Å². The summed E-state index contributed by atoms with van der Waals surface area (Å²) in [4.78, 5) is 39.6. The summed E-state index contributed by atoms with van der Waals surface area (Å²) in [7, 11) is 0. The smallest absolute Gasteiger partial charge is 0.255 e. The Morgan fingerprint density at radius 3 is 2.41 bits per heavy atom. The van der Waals surface area contributed by atoms with E-state index in [0.29, 0.717) is 17.2 Å². The Balaban J connectivity index is 1.51. The quantitative estimate of drug-likeness (QED) is 0.786. The first kappa shape index (κ1) is 19.4. The molecule has 150 valence electrons. The fourth-order valence-corrected chi connectivity index (χ4v) is 4.55. The SMILES string of the molecule is CCc1ccccc1NC(=O)c1ccc(N2C(=O)[C@@H]3CC[C@H](C)C[C@H]3C2=O)cc1. The van der Waals surface area contributed by atoms with Gasteiger partial charge in [-0.15, -0.1) is 0 Å². The van der Waals surface area contributed by atoms with Gasteiger partial charge in [-0.1, -0.05) is 32.0 Å². The molecule has 1 N–H and O–H groups in total. The fraction of sp³-hybridized carbons (Fsp3) is 0.375. The fourth-order valence-electron chi connectivity index (χ4n) is 4.55. The molecule has 0 spiro atoms. The zero-order valence-corrected chi connectivity index (χ0v) is 16.9. The van der Waals surface area contributed by atoms with Gasteiger partial charge >= 0.3 is 0 Å². The lowest BCUT2D eigenvalue weighted by Gasteiger charge is -2.25. The highest BCUT2D eigenvalue weighted by molar-refractivity contribution is 6.22. The van der Waals surface area contributed by atoms with Crippen LogP contribution in [-0.2, 0) is 16.0 Å². The Kier molecular flexibility index (Phi) is 5.22. The summed E-state index contributed by atoms with van der Waals surface area (Å²) in [5.74, 6) is -0.308. The largest absolute Gasteiger partial charge is 0.322 e. The number of hydrogen-bond donors (Lipinski definition) is 1. The third kappa shape index (κ3) is 3.57. The van der Waals surface area contributed by atoms with Crippen LogP contribution in [0, 0.1) is 17.8 Å². The van der Waals surface area contributed by atoms with Crippen molar-refractivity contribution in [1.29, 1.82) is 0 Å². The van der Waals surface area contributed by atoms with Crippen LogP contribution in [0.3, 0.4) is 0 Å². The van der Waals surface area contributed by atoms with Crippen LogP contribution in [0.2, 0.25) is 0 Å². The molecular weight excluding hydrogens is 364 g/mol. The predicted molar refractivity (Wildman–Crippen MR) is 113 cm³/mol. The van der Waals surface area contributed by atoms with Gasteiger partial charge in [-0.05, 0) is 67.5 Å². The molecule has 1 aliphatic carbocycles. The number of benzene rings is 2. The van der Waals surface area contributed by atoms with Crippen molar-refractivity contribution in [3.8, 4) is 0 Å². The van der Waals surface area contributed by atoms with E-state index in [1.165, 1.54) is 4.90 Å². The second kappa shape index (κ2) is 7.82. The summed E-state index contributed by atoms with van der Waals surface area (Å²) < 4.78 is 0. The Bertz CT molecular complexity index is 951. The van der Waals surface area contributed by atoms with Crippen molar-refractivity contribution in [2.75, 3.05) is 10.2 Å². The molecule has 1 aliphatic heterocycles. The topological polar surface area (TPSA) is 66.5 Å². The maximum atomic E-state index is 12.9. The van der Waals surface area contributed by atoms with E-state index in [1.807, 2.05) is 31.2 Å². The number of carbonyl (C=O) groups excluding carboxylic acids is 3. The van der Waals surface area contributed by atoms with E-state index in [2.05, 4.69) is 12.2 Å². The lowest BCUT2D eigenvalue weighted by Crippen LogP contribution is -2.30. The number of para-hydroxylation sites is 1. The van der Waals surface area contributed by atoms with Crippen molar-refractivity contribution >= 4 is 29.1 Å². The van der Waals surface area contributed by atoms with E-state index in [1.54, 1.807) is 24.3 Å². The van der Waals surface area contributed by atoms with Crippen LogP contribution < -0.4 is 10.2 Å². The first-order valence-electron chi connectivity index (χ1n) is 10.4. The van der Waals surface area contributed by atoms with Gasteiger partial charge in [0.1, 0.15) is 0 Å². The minimum Gasteiger partial charge on any atom is -0.322 e. The van der Waals surface area contributed by atoms with Gasteiger partial charge in [-0.25, -0.2) is 0 Å². The van der Waals surface area contributed by atoms with E-state index < -0.39 is 0 Å². The van der Waals surface area contributed by atoms with Crippen LogP contribution in [0.15, 0.2) is 48.5 Å². The van der Waals surface area contributed by atoms with Gasteiger partial charge in [-0.3, -0.25) is 19.3 Å². The number of rotatable bonds is 4. The van der Waals surface area contributed by atoms with Gasteiger partial charge in [-0.2, -0.15) is 0 Å². The van der Waals surface area contributed by atoms with Crippen molar-refractivity contribution in [2.45, 2.75) is 39.5 Å². The number of anilines is 2. The van der Waals surface area contributed by atoms with Crippen molar-refractivity contribution in [2.24, 2.45) is 17.8 Å². The Morgan fingerprint density at radius 2 is 1.69 bits per heavy atom. The summed E-state index contributed by atoms with van der Waals surface area (Å²) in [6.07, 6.45) is 3.38. The standard InChI is InChI=1S/C24H26N2O3/c1-3-16-6-4-5-7-21(16)25-22(27)17-9-11-18(12-10-17)26-23(28)19-13-8-15(2)14-20(19)24(26)29/h4-7,9-12,15,19-20H,3,8,13-14H2,1-2H3,(H,25,27)/t15-,19+,20+/m0/s1. The molecule has 0 unspecified atom stereocenters. The molecule has 0 aromatic heterocycles. The molecule has 5 nitrogen and oxygen atoms in total. The van der Waals surface area contributed by atoms with Crippen molar-refractivity contribution < 1.29 is 14.4 Å². The minimum atomic E-state index is -0.209. The maximum absolute atomic E-state index is 12.9. The molecular formula is C24H26N2O3. The number of nitrogens with one attached hydrogen (secondary N) is 1. The third-order valence-corrected chi connectivity index (χ3v) is 6.22. The number of imide groups is 1. The lowest BCUT2D eigenvalue weighted by molar-refractivity contribution is -0.122. The second-order valence-corrected chi connectivity index (χ2v) is 8.15.